The zero-order valence-corrected chi connectivity index (χ0v) is 12.9. The fourth-order valence-corrected chi connectivity index (χ4v) is 2.16. The molecule has 1 amide bonds. The molecule has 0 aliphatic heterocycles. The molecule has 0 radical (unpaired) electrons. The number of amides is 1. The third kappa shape index (κ3) is 4.73. The van der Waals surface area contributed by atoms with Crippen LogP contribution in [-0.4, -0.2) is 47.4 Å². The van der Waals surface area contributed by atoms with E-state index in [2.05, 4.69) is 10.4 Å². The lowest BCUT2D eigenvalue weighted by molar-refractivity contribution is -0.143. The van der Waals surface area contributed by atoms with Crippen LogP contribution >= 0.6 is 0 Å². The highest BCUT2D eigenvalue weighted by molar-refractivity contribution is 5.77. The molecule has 0 aliphatic rings. The summed E-state index contributed by atoms with van der Waals surface area (Å²) < 4.78 is 38.4. The number of aryl methyl sites for hydroxylation is 1. The van der Waals surface area contributed by atoms with E-state index in [-0.39, 0.29) is 18.5 Å². The molecule has 1 rings (SSSR count). The van der Waals surface area contributed by atoms with Gasteiger partial charge in [0.1, 0.15) is 6.54 Å². The van der Waals surface area contributed by atoms with Crippen LogP contribution in [0.25, 0.3) is 0 Å². The standard InChI is InChI=1S/C13H21F3N4O/c1-8(17-6-11(21)19(4)5)12-9(2)18-20(10(12)3)7-13(14,15)16/h8,17H,6-7H2,1-5H3/t8-/m1/s1. The second kappa shape index (κ2) is 6.46. The van der Waals surface area contributed by atoms with Crippen molar-refractivity contribution in [2.24, 2.45) is 0 Å². The normalized spacial score (nSPS) is 13.3. The maximum absolute atomic E-state index is 12.5. The molecular formula is C13H21F3N4O. The number of halogens is 3. The zero-order chi connectivity index (χ0) is 16.4. The Morgan fingerprint density at radius 1 is 1.38 bits per heavy atom. The van der Waals surface area contributed by atoms with Crippen LogP contribution in [0.1, 0.15) is 29.9 Å². The van der Waals surface area contributed by atoms with Gasteiger partial charge in [-0.25, -0.2) is 0 Å². The van der Waals surface area contributed by atoms with Crippen LogP contribution in [0.4, 0.5) is 13.2 Å². The Labute approximate surface area is 122 Å². The summed E-state index contributed by atoms with van der Waals surface area (Å²) in [5.41, 5.74) is 1.70. The molecule has 1 atom stereocenters. The van der Waals surface area contributed by atoms with Crippen LogP contribution < -0.4 is 5.32 Å². The molecule has 1 aromatic rings. The molecule has 120 valence electrons. The number of rotatable bonds is 5. The van der Waals surface area contributed by atoms with Crippen molar-refractivity contribution in [3.8, 4) is 0 Å². The van der Waals surface area contributed by atoms with Gasteiger partial charge in [0, 0.05) is 31.4 Å². The van der Waals surface area contributed by atoms with E-state index in [1.165, 1.54) is 4.90 Å². The maximum atomic E-state index is 12.5. The first-order valence-corrected chi connectivity index (χ1v) is 6.57. The van der Waals surface area contributed by atoms with Gasteiger partial charge in [-0.05, 0) is 20.8 Å². The molecule has 0 saturated heterocycles. The molecule has 0 aromatic carbocycles. The van der Waals surface area contributed by atoms with Gasteiger partial charge in [0.25, 0.3) is 0 Å². The lowest BCUT2D eigenvalue weighted by Crippen LogP contribution is -2.34. The highest BCUT2D eigenvalue weighted by atomic mass is 19.4. The highest BCUT2D eigenvalue weighted by Gasteiger charge is 2.30. The molecule has 21 heavy (non-hydrogen) atoms. The summed E-state index contributed by atoms with van der Waals surface area (Å²) in [5.74, 6) is -0.0974. The molecule has 0 aliphatic carbocycles. The van der Waals surface area contributed by atoms with Gasteiger partial charge in [-0.2, -0.15) is 18.3 Å². The van der Waals surface area contributed by atoms with Gasteiger partial charge in [0.05, 0.1) is 12.2 Å². The van der Waals surface area contributed by atoms with Gasteiger partial charge in [-0.3, -0.25) is 9.48 Å². The predicted octanol–water partition coefficient (Wildman–Crippen LogP) is 1.80. The third-order valence-corrected chi connectivity index (χ3v) is 3.26. The van der Waals surface area contributed by atoms with Crippen molar-refractivity contribution < 1.29 is 18.0 Å². The average Bonchev–Trinajstić information content (AvgIpc) is 2.58. The van der Waals surface area contributed by atoms with Crippen molar-refractivity contribution in [3.05, 3.63) is 17.0 Å². The number of aromatic nitrogens is 2. The van der Waals surface area contributed by atoms with Crippen molar-refractivity contribution in [1.82, 2.24) is 20.0 Å². The first kappa shape index (κ1) is 17.5. The average molecular weight is 306 g/mol. The lowest BCUT2D eigenvalue weighted by Gasteiger charge is -2.17. The van der Waals surface area contributed by atoms with Crippen molar-refractivity contribution in [1.29, 1.82) is 0 Å². The largest absolute Gasteiger partial charge is 0.408 e. The van der Waals surface area contributed by atoms with Gasteiger partial charge in [-0.15, -0.1) is 0 Å². The second-order valence-electron chi connectivity index (χ2n) is 5.25. The molecule has 0 fully saturated rings. The summed E-state index contributed by atoms with van der Waals surface area (Å²) in [7, 11) is 3.29. The number of carbonyl (C=O) groups is 1. The summed E-state index contributed by atoms with van der Waals surface area (Å²) in [6, 6.07) is -0.254. The quantitative estimate of drug-likeness (QED) is 0.902. The Morgan fingerprint density at radius 2 is 1.95 bits per heavy atom. The van der Waals surface area contributed by atoms with Gasteiger partial charge in [-0.1, -0.05) is 0 Å². The number of alkyl halides is 3. The van der Waals surface area contributed by atoms with Crippen LogP contribution in [0, 0.1) is 13.8 Å². The summed E-state index contributed by atoms with van der Waals surface area (Å²) >= 11 is 0. The van der Waals surface area contributed by atoms with Gasteiger partial charge in [0.15, 0.2) is 0 Å². The Balaban J connectivity index is 2.85. The van der Waals surface area contributed by atoms with Crippen molar-refractivity contribution in [3.63, 3.8) is 0 Å². The topological polar surface area (TPSA) is 50.2 Å². The Kier molecular flexibility index (Phi) is 5.38. The minimum absolute atomic E-state index is 0.0974. The Morgan fingerprint density at radius 3 is 2.43 bits per heavy atom. The van der Waals surface area contributed by atoms with E-state index in [1.807, 2.05) is 0 Å². The first-order chi connectivity index (χ1) is 9.53. The molecule has 1 aromatic heterocycles. The smallest absolute Gasteiger partial charge is 0.348 e. The Hall–Kier alpha value is -1.57. The van der Waals surface area contributed by atoms with Crippen LogP contribution in [0.2, 0.25) is 0 Å². The molecule has 8 heteroatoms. The number of likely N-dealkylation sites (N-methyl/N-ethyl adjacent to an activating group) is 1. The summed E-state index contributed by atoms with van der Waals surface area (Å²) in [6.45, 7) is 4.09. The molecule has 1 heterocycles. The number of nitrogens with one attached hydrogen (secondary N) is 1. The molecule has 0 unspecified atom stereocenters. The van der Waals surface area contributed by atoms with Crippen molar-refractivity contribution in [2.75, 3.05) is 20.6 Å². The molecule has 0 saturated carbocycles. The monoisotopic (exact) mass is 306 g/mol. The predicted molar refractivity (Wildman–Crippen MR) is 72.9 cm³/mol. The van der Waals surface area contributed by atoms with Crippen LogP contribution in [0.5, 0.6) is 0 Å². The van der Waals surface area contributed by atoms with Gasteiger partial charge < -0.3 is 10.2 Å². The van der Waals surface area contributed by atoms with E-state index in [0.29, 0.717) is 17.0 Å². The second-order valence-corrected chi connectivity index (χ2v) is 5.25. The van der Waals surface area contributed by atoms with Crippen LogP contribution in [0.15, 0.2) is 0 Å². The number of nitrogens with zero attached hydrogens (tertiary/aromatic N) is 3. The van der Waals surface area contributed by atoms with Gasteiger partial charge >= 0.3 is 6.18 Å². The van der Waals surface area contributed by atoms with Crippen LogP contribution in [-0.2, 0) is 11.3 Å². The number of hydrogen-bond donors (Lipinski definition) is 1. The van der Waals surface area contributed by atoms with E-state index in [1.54, 1.807) is 34.9 Å². The van der Waals surface area contributed by atoms with E-state index in [4.69, 9.17) is 0 Å². The van der Waals surface area contributed by atoms with E-state index in [9.17, 15) is 18.0 Å². The van der Waals surface area contributed by atoms with E-state index >= 15 is 0 Å². The molecular weight excluding hydrogens is 285 g/mol. The Bertz CT molecular complexity index is 508. The fourth-order valence-electron chi connectivity index (χ4n) is 2.16. The third-order valence-electron chi connectivity index (χ3n) is 3.26. The SMILES string of the molecule is Cc1nn(CC(F)(F)F)c(C)c1[C@@H](C)NCC(=O)N(C)C. The molecule has 5 nitrogen and oxygen atoms in total. The highest BCUT2D eigenvalue weighted by Crippen LogP contribution is 2.24. The minimum atomic E-state index is -4.31. The van der Waals surface area contributed by atoms with Gasteiger partial charge in [0.2, 0.25) is 5.91 Å². The summed E-state index contributed by atoms with van der Waals surface area (Å²) in [6.07, 6.45) is -4.31. The van der Waals surface area contributed by atoms with E-state index in [0.717, 1.165) is 4.68 Å². The summed E-state index contributed by atoms with van der Waals surface area (Å²) in [4.78, 5) is 13.0. The number of carbonyl (C=O) groups excluding carboxylic acids is 1. The zero-order valence-electron chi connectivity index (χ0n) is 12.9. The molecule has 0 bridgehead atoms. The maximum Gasteiger partial charge on any atom is 0.408 e. The molecule has 0 spiro atoms. The minimum Gasteiger partial charge on any atom is -0.348 e. The number of hydrogen-bond acceptors (Lipinski definition) is 3. The van der Waals surface area contributed by atoms with E-state index < -0.39 is 12.7 Å². The lowest BCUT2D eigenvalue weighted by atomic mass is 10.1. The van der Waals surface area contributed by atoms with Crippen LogP contribution in [0.3, 0.4) is 0 Å². The summed E-state index contributed by atoms with van der Waals surface area (Å²) in [5, 5.41) is 6.95. The fraction of sp³-hybridized carbons (Fsp3) is 0.692. The first-order valence-electron chi connectivity index (χ1n) is 6.57. The van der Waals surface area contributed by atoms with Crippen molar-refractivity contribution in [2.45, 2.75) is 39.5 Å². The molecule has 1 N–H and O–H groups in total. The van der Waals surface area contributed by atoms with Crippen molar-refractivity contribution >= 4 is 5.91 Å².